The summed E-state index contributed by atoms with van der Waals surface area (Å²) < 4.78 is 3.09. The third-order valence-corrected chi connectivity index (χ3v) is 6.01. The molecule has 0 atom stereocenters. The minimum atomic E-state index is -0.185. The Hall–Kier alpha value is -3.45. The molecule has 7 heteroatoms. The molecule has 0 fully saturated rings. The fourth-order valence-corrected chi connectivity index (χ4v) is 4.20. The van der Waals surface area contributed by atoms with Crippen molar-refractivity contribution >= 4 is 44.2 Å². The second-order valence-electron chi connectivity index (χ2n) is 7.80. The van der Waals surface area contributed by atoms with Crippen molar-refractivity contribution < 1.29 is 9.59 Å². The lowest BCUT2D eigenvalue weighted by atomic mass is 10.1. The number of hydrogen-bond acceptors (Lipinski definition) is 4. The van der Waals surface area contributed by atoms with E-state index >= 15 is 0 Å². The van der Waals surface area contributed by atoms with Crippen LogP contribution >= 0.6 is 11.3 Å². The summed E-state index contributed by atoms with van der Waals surface area (Å²) in [6, 6.07) is 17.2. The lowest BCUT2D eigenvalue weighted by Gasteiger charge is -2.10. The van der Waals surface area contributed by atoms with Gasteiger partial charge >= 0.3 is 0 Å². The molecule has 0 spiro atoms. The zero-order chi connectivity index (χ0) is 22.1. The van der Waals surface area contributed by atoms with Crippen LogP contribution in [-0.4, -0.2) is 21.4 Å². The molecule has 2 amide bonds. The molecule has 158 valence electrons. The number of thiazole rings is 1. The van der Waals surface area contributed by atoms with Gasteiger partial charge in [-0.3, -0.25) is 9.59 Å². The first-order valence-electron chi connectivity index (χ1n) is 10.1. The third-order valence-electron chi connectivity index (χ3n) is 5.06. The summed E-state index contributed by atoms with van der Waals surface area (Å²) >= 11 is 1.41. The number of nitrogens with zero attached hydrogens (tertiary/aromatic N) is 2. The van der Waals surface area contributed by atoms with Crippen LogP contribution in [0.25, 0.3) is 15.9 Å². The summed E-state index contributed by atoms with van der Waals surface area (Å²) in [6.45, 7) is 7.79. The van der Waals surface area contributed by atoms with E-state index in [0.29, 0.717) is 16.4 Å². The lowest BCUT2D eigenvalue weighted by Crippen LogP contribution is -2.17. The maximum Gasteiger partial charge on any atom is 0.255 e. The highest BCUT2D eigenvalue weighted by Gasteiger charge is 2.13. The zero-order valence-corrected chi connectivity index (χ0v) is 18.7. The molecule has 0 aliphatic carbocycles. The van der Waals surface area contributed by atoms with Crippen LogP contribution in [0, 0.1) is 19.8 Å². The van der Waals surface area contributed by atoms with Gasteiger partial charge in [0.2, 0.25) is 5.91 Å². The first-order valence-corrected chi connectivity index (χ1v) is 10.9. The summed E-state index contributed by atoms with van der Waals surface area (Å²) in [5, 5.41) is 6.31. The molecule has 2 aromatic carbocycles. The maximum atomic E-state index is 12.7. The van der Waals surface area contributed by atoms with E-state index in [9.17, 15) is 9.59 Å². The van der Waals surface area contributed by atoms with Crippen molar-refractivity contribution in [3.8, 4) is 5.69 Å². The van der Waals surface area contributed by atoms with E-state index in [-0.39, 0.29) is 17.7 Å². The van der Waals surface area contributed by atoms with E-state index in [4.69, 9.17) is 0 Å². The van der Waals surface area contributed by atoms with E-state index in [1.165, 1.54) is 11.3 Å². The van der Waals surface area contributed by atoms with Gasteiger partial charge in [0.05, 0.1) is 10.2 Å². The predicted molar refractivity (Wildman–Crippen MR) is 126 cm³/mol. The molecule has 4 aromatic rings. The molecule has 0 aliphatic rings. The van der Waals surface area contributed by atoms with E-state index in [0.717, 1.165) is 27.3 Å². The number of carbonyl (C=O) groups excluding carboxylic acids is 2. The number of aromatic nitrogens is 2. The van der Waals surface area contributed by atoms with Crippen molar-refractivity contribution in [3.05, 3.63) is 71.5 Å². The SMILES string of the molecule is Cc1ccc(C)n1-c1ccc(C(=O)Nc2ccc3sc(NC(=O)C(C)C)nc3c2)cc1. The Morgan fingerprint density at radius 1 is 0.935 bits per heavy atom. The quantitative estimate of drug-likeness (QED) is 0.434. The van der Waals surface area contributed by atoms with E-state index in [1.807, 2.05) is 56.3 Å². The molecule has 0 radical (unpaired) electrons. The largest absolute Gasteiger partial charge is 0.322 e. The number of nitrogens with one attached hydrogen (secondary N) is 2. The Kier molecular flexibility index (Phi) is 5.61. The number of carbonyl (C=O) groups is 2. The minimum absolute atomic E-state index is 0.0682. The number of hydrogen-bond donors (Lipinski definition) is 2. The molecule has 31 heavy (non-hydrogen) atoms. The van der Waals surface area contributed by atoms with Gasteiger partial charge < -0.3 is 15.2 Å². The van der Waals surface area contributed by atoms with Gasteiger partial charge in [-0.15, -0.1) is 0 Å². The minimum Gasteiger partial charge on any atom is -0.322 e. The molecule has 2 heterocycles. The van der Waals surface area contributed by atoms with E-state index < -0.39 is 0 Å². The number of fused-ring (bicyclic) bond motifs is 1. The topological polar surface area (TPSA) is 76.0 Å². The number of rotatable bonds is 5. The Labute approximate surface area is 184 Å². The number of amides is 2. The van der Waals surface area contributed by atoms with Crippen molar-refractivity contribution in [2.24, 2.45) is 5.92 Å². The van der Waals surface area contributed by atoms with Crippen molar-refractivity contribution in [2.45, 2.75) is 27.7 Å². The predicted octanol–water partition coefficient (Wildman–Crippen LogP) is 5.55. The summed E-state index contributed by atoms with van der Waals surface area (Å²) in [5.74, 6) is -0.365. The van der Waals surface area contributed by atoms with Gasteiger partial charge in [-0.25, -0.2) is 4.98 Å². The van der Waals surface area contributed by atoms with Crippen molar-refractivity contribution in [1.82, 2.24) is 9.55 Å². The smallest absolute Gasteiger partial charge is 0.255 e. The summed E-state index contributed by atoms with van der Waals surface area (Å²) in [4.78, 5) is 29.1. The molecule has 0 bridgehead atoms. The standard InChI is InChI=1S/C24H24N4O2S/c1-14(2)22(29)27-24-26-20-13-18(9-12-21(20)31-24)25-23(30)17-7-10-19(11-8-17)28-15(3)5-6-16(28)4/h5-14H,1-4H3,(H,25,30)(H,26,27,29). The van der Waals surface area contributed by atoms with Gasteiger partial charge in [-0.1, -0.05) is 25.2 Å². The molecule has 6 nitrogen and oxygen atoms in total. The van der Waals surface area contributed by atoms with Crippen LogP contribution in [0.3, 0.4) is 0 Å². The van der Waals surface area contributed by atoms with Crippen LogP contribution in [0.15, 0.2) is 54.6 Å². The summed E-state index contributed by atoms with van der Waals surface area (Å²) in [7, 11) is 0. The lowest BCUT2D eigenvalue weighted by molar-refractivity contribution is -0.118. The number of benzene rings is 2. The monoisotopic (exact) mass is 432 g/mol. The van der Waals surface area contributed by atoms with Gasteiger partial charge in [0.25, 0.3) is 5.91 Å². The van der Waals surface area contributed by atoms with E-state index in [1.54, 1.807) is 0 Å². The number of aryl methyl sites for hydroxylation is 2. The van der Waals surface area contributed by atoms with Gasteiger partial charge in [0.1, 0.15) is 0 Å². The molecule has 2 N–H and O–H groups in total. The Bertz CT molecular complexity index is 1250. The molecule has 2 aromatic heterocycles. The first-order chi connectivity index (χ1) is 14.8. The second kappa shape index (κ2) is 8.35. The van der Waals surface area contributed by atoms with E-state index in [2.05, 4.69) is 46.2 Å². The van der Waals surface area contributed by atoms with Crippen LogP contribution in [-0.2, 0) is 4.79 Å². The highest BCUT2D eigenvalue weighted by molar-refractivity contribution is 7.22. The average Bonchev–Trinajstić information content (AvgIpc) is 3.29. The zero-order valence-electron chi connectivity index (χ0n) is 17.9. The third kappa shape index (κ3) is 4.36. The van der Waals surface area contributed by atoms with Gasteiger partial charge in [-0.05, 0) is 68.4 Å². The fourth-order valence-electron chi connectivity index (χ4n) is 3.35. The maximum absolute atomic E-state index is 12.7. The fraction of sp³-hybridized carbons (Fsp3) is 0.208. The molecular weight excluding hydrogens is 408 g/mol. The molecule has 0 aliphatic heterocycles. The van der Waals surface area contributed by atoms with Gasteiger partial charge in [-0.2, -0.15) is 0 Å². The summed E-state index contributed by atoms with van der Waals surface area (Å²) in [6.07, 6.45) is 0. The molecule has 4 rings (SSSR count). The van der Waals surface area contributed by atoms with Crippen LogP contribution in [0.1, 0.15) is 35.6 Å². The summed E-state index contributed by atoms with van der Waals surface area (Å²) in [5.41, 5.74) is 5.29. The molecular formula is C24H24N4O2S. The Balaban J connectivity index is 1.49. The van der Waals surface area contributed by atoms with Crippen molar-refractivity contribution in [1.29, 1.82) is 0 Å². The molecule has 0 saturated heterocycles. The Morgan fingerprint density at radius 3 is 2.26 bits per heavy atom. The normalized spacial score (nSPS) is 11.1. The van der Waals surface area contributed by atoms with Gasteiger partial charge in [0.15, 0.2) is 5.13 Å². The van der Waals surface area contributed by atoms with Crippen molar-refractivity contribution in [2.75, 3.05) is 10.6 Å². The second-order valence-corrected chi connectivity index (χ2v) is 8.83. The van der Waals surface area contributed by atoms with Crippen molar-refractivity contribution in [3.63, 3.8) is 0 Å². The van der Waals surface area contributed by atoms with Crippen LogP contribution in [0.2, 0.25) is 0 Å². The number of anilines is 2. The van der Waals surface area contributed by atoms with Gasteiger partial charge in [0, 0.05) is 34.2 Å². The highest BCUT2D eigenvalue weighted by Crippen LogP contribution is 2.28. The molecule has 0 saturated carbocycles. The highest BCUT2D eigenvalue weighted by atomic mass is 32.1. The Morgan fingerprint density at radius 2 is 1.61 bits per heavy atom. The first kappa shape index (κ1) is 20.8. The van der Waals surface area contributed by atoms with Crippen LogP contribution < -0.4 is 10.6 Å². The molecule has 0 unspecified atom stereocenters. The average molecular weight is 433 g/mol. The van der Waals surface area contributed by atoms with Crippen LogP contribution in [0.4, 0.5) is 10.8 Å². The van der Waals surface area contributed by atoms with Crippen LogP contribution in [0.5, 0.6) is 0 Å².